The van der Waals surface area contributed by atoms with E-state index in [1.54, 1.807) is 7.11 Å². The Morgan fingerprint density at radius 3 is 2.74 bits per heavy atom. The van der Waals surface area contributed by atoms with Gasteiger partial charge in [-0.05, 0) is 70.9 Å². The second-order valence-corrected chi connectivity index (χ2v) is 9.20. The van der Waals surface area contributed by atoms with Gasteiger partial charge in [-0.25, -0.2) is 4.79 Å². The minimum Gasteiger partial charge on any atom is -0.497 e. The standard InChI is InChI=1S/C26H30BrNO3/c1-3-31-26(29)23-17-28(16-20-8-5-9-21(14-20)30-2)24-15-19(7-4-6-18-10-11-18)12-13-22(24)25(23)27/h5,8-9,12-15,18H,3-4,6-7,10-11,16-17H2,1-2H3. The van der Waals surface area contributed by atoms with Crippen molar-refractivity contribution in [2.24, 2.45) is 5.92 Å². The number of halogens is 1. The molecule has 4 nitrogen and oxygen atoms in total. The molecule has 164 valence electrons. The third-order valence-corrected chi connectivity index (χ3v) is 6.96. The molecular formula is C26H30BrNO3. The Morgan fingerprint density at radius 2 is 2.00 bits per heavy atom. The van der Waals surface area contributed by atoms with Gasteiger partial charge in [0, 0.05) is 22.3 Å². The van der Waals surface area contributed by atoms with Gasteiger partial charge in [-0.3, -0.25) is 0 Å². The molecule has 31 heavy (non-hydrogen) atoms. The topological polar surface area (TPSA) is 38.8 Å². The zero-order valence-electron chi connectivity index (χ0n) is 18.3. The Labute approximate surface area is 193 Å². The number of hydrogen-bond donors (Lipinski definition) is 0. The third kappa shape index (κ3) is 5.32. The third-order valence-electron chi connectivity index (χ3n) is 6.06. The summed E-state index contributed by atoms with van der Waals surface area (Å²) in [6.07, 6.45) is 6.49. The van der Waals surface area contributed by atoms with E-state index in [4.69, 9.17) is 9.47 Å². The average molecular weight is 484 g/mol. The van der Waals surface area contributed by atoms with E-state index in [1.165, 1.54) is 31.2 Å². The summed E-state index contributed by atoms with van der Waals surface area (Å²) in [7, 11) is 1.68. The molecule has 4 rings (SSSR count). The predicted octanol–water partition coefficient (Wildman–Crippen LogP) is 6.12. The van der Waals surface area contributed by atoms with Crippen molar-refractivity contribution in [2.45, 2.75) is 45.6 Å². The van der Waals surface area contributed by atoms with Crippen molar-refractivity contribution >= 4 is 32.1 Å². The van der Waals surface area contributed by atoms with Gasteiger partial charge >= 0.3 is 5.97 Å². The summed E-state index contributed by atoms with van der Waals surface area (Å²) in [6, 6.07) is 14.7. The molecular weight excluding hydrogens is 454 g/mol. The monoisotopic (exact) mass is 483 g/mol. The number of aryl methyl sites for hydroxylation is 1. The molecule has 1 aliphatic carbocycles. The summed E-state index contributed by atoms with van der Waals surface area (Å²) < 4.78 is 11.6. The molecule has 1 aliphatic heterocycles. The number of fused-ring (bicyclic) bond motifs is 1. The van der Waals surface area contributed by atoms with Crippen molar-refractivity contribution in [1.82, 2.24) is 0 Å². The van der Waals surface area contributed by atoms with Crippen LogP contribution in [0.3, 0.4) is 0 Å². The van der Waals surface area contributed by atoms with Crippen LogP contribution in [-0.2, 0) is 22.5 Å². The van der Waals surface area contributed by atoms with Gasteiger partial charge in [0.15, 0.2) is 0 Å². The van der Waals surface area contributed by atoms with Crippen LogP contribution < -0.4 is 9.64 Å². The smallest absolute Gasteiger partial charge is 0.336 e. The molecule has 1 saturated carbocycles. The van der Waals surface area contributed by atoms with Crippen LogP contribution in [0.5, 0.6) is 5.75 Å². The number of ether oxygens (including phenoxy) is 2. The first-order chi connectivity index (χ1) is 15.1. The molecule has 0 aromatic heterocycles. The van der Waals surface area contributed by atoms with Gasteiger partial charge < -0.3 is 14.4 Å². The first-order valence-electron chi connectivity index (χ1n) is 11.2. The Balaban J connectivity index is 1.63. The highest BCUT2D eigenvalue weighted by Gasteiger charge is 2.28. The fourth-order valence-electron chi connectivity index (χ4n) is 4.19. The second-order valence-electron chi connectivity index (χ2n) is 8.41. The van der Waals surface area contributed by atoms with Crippen LogP contribution in [0.15, 0.2) is 48.0 Å². The zero-order valence-corrected chi connectivity index (χ0v) is 19.9. The molecule has 0 N–H and O–H groups in total. The zero-order chi connectivity index (χ0) is 21.8. The second kappa shape index (κ2) is 9.90. The number of carbonyl (C=O) groups excluding carboxylic acids is 1. The van der Waals surface area contributed by atoms with E-state index in [-0.39, 0.29) is 5.97 Å². The van der Waals surface area contributed by atoms with E-state index in [9.17, 15) is 4.79 Å². The molecule has 0 amide bonds. The molecule has 2 aromatic carbocycles. The molecule has 2 aromatic rings. The maximum atomic E-state index is 12.6. The Kier molecular flexibility index (Phi) is 7.01. The van der Waals surface area contributed by atoms with Crippen LogP contribution in [0.2, 0.25) is 0 Å². The number of anilines is 1. The van der Waals surface area contributed by atoms with Crippen LogP contribution >= 0.6 is 15.9 Å². The molecule has 1 fully saturated rings. The maximum absolute atomic E-state index is 12.6. The Hall–Kier alpha value is -2.27. The molecule has 5 heteroatoms. The number of esters is 1. The van der Waals surface area contributed by atoms with Gasteiger partial charge in [0.1, 0.15) is 5.75 Å². The van der Waals surface area contributed by atoms with Crippen molar-refractivity contribution in [3.63, 3.8) is 0 Å². The number of methoxy groups -OCH3 is 1. The van der Waals surface area contributed by atoms with Gasteiger partial charge in [0.05, 0.1) is 25.8 Å². The molecule has 0 atom stereocenters. The van der Waals surface area contributed by atoms with Crippen LogP contribution in [0.1, 0.15) is 49.3 Å². The van der Waals surface area contributed by atoms with Crippen molar-refractivity contribution in [1.29, 1.82) is 0 Å². The van der Waals surface area contributed by atoms with Crippen molar-refractivity contribution in [3.8, 4) is 5.75 Å². The highest BCUT2D eigenvalue weighted by molar-refractivity contribution is 9.15. The largest absolute Gasteiger partial charge is 0.497 e. The van der Waals surface area contributed by atoms with E-state index >= 15 is 0 Å². The SMILES string of the molecule is CCOC(=O)C1=C(Br)c2ccc(CCCC3CC3)cc2N(Cc2cccc(OC)c2)C1. The normalized spacial score (nSPS) is 15.6. The molecule has 0 saturated heterocycles. The van der Waals surface area contributed by atoms with Crippen LogP contribution in [0.25, 0.3) is 4.48 Å². The molecule has 1 heterocycles. The average Bonchev–Trinajstić information content (AvgIpc) is 3.60. The fraction of sp³-hybridized carbons (Fsp3) is 0.423. The predicted molar refractivity (Wildman–Crippen MR) is 129 cm³/mol. The summed E-state index contributed by atoms with van der Waals surface area (Å²) >= 11 is 3.70. The number of benzene rings is 2. The minimum atomic E-state index is -0.260. The van der Waals surface area contributed by atoms with E-state index in [2.05, 4.69) is 51.2 Å². The number of hydrogen-bond acceptors (Lipinski definition) is 4. The lowest BCUT2D eigenvalue weighted by molar-refractivity contribution is -0.138. The lowest BCUT2D eigenvalue weighted by Gasteiger charge is -2.33. The van der Waals surface area contributed by atoms with Crippen molar-refractivity contribution in [2.75, 3.05) is 25.2 Å². The van der Waals surface area contributed by atoms with Crippen LogP contribution in [0, 0.1) is 5.92 Å². The van der Waals surface area contributed by atoms with Crippen molar-refractivity contribution in [3.05, 3.63) is 64.7 Å². The Bertz CT molecular complexity index is 980. The van der Waals surface area contributed by atoms with Gasteiger partial charge in [-0.1, -0.05) is 43.5 Å². The molecule has 0 spiro atoms. The Morgan fingerprint density at radius 1 is 1.16 bits per heavy atom. The minimum absolute atomic E-state index is 0.260. The van der Waals surface area contributed by atoms with E-state index in [0.717, 1.165) is 39.4 Å². The van der Waals surface area contributed by atoms with E-state index < -0.39 is 0 Å². The van der Waals surface area contributed by atoms with E-state index in [1.807, 2.05) is 19.1 Å². The number of nitrogens with zero attached hydrogens (tertiary/aromatic N) is 1. The number of rotatable bonds is 9. The quantitative estimate of drug-likeness (QED) is 0.402. The summed E-state index contributed by atoms with van der Waals surface area (Å²) in [6.45, 7) is 3.41. The first kappa shape index (κ1) is 21.9. The highest BCUT2D eigenvalue weighted by atomic mass is 79.9. The summed E-state index contributed by atoms with van der Waals surface area (Å²) in [5.41, 5.74) is 5.37. The fourth-order valence-corrected chi connectivity index (χ4v) is 4.82. The summed E-state index contributed by atoms with van der Waals surface area (Å²) in [5, 5.41) is 0. The lowest BCUT2D eigenvalue weighted by Crippen LogP contribution is -2.32. The van der Waals surface area contributed by atoms with Gasteiger partial charge in [0.2, 0.25) is 0 Å². The first-order valence-corrected chi connectivity index (χ1v) is 11.9. The maximum Gasteiger partial charge on any atom is 0.336 e. The van der Waals surface area contributed by atoms with Crippen LogP contribution in [0.4, 0.5) is 5.69 Å². The molecule has 2 aliphatic rings. The molecule has 0 bridgehead atoms. The number of carbonyl (C=O) groups is 1. The highest BCUT2D eigenvalue weighted by Crippen LogP contribution is 2.40. The molecule has 0 radical (unpaired) electrons. The van der Waals surface area contributed by atoms with Gasteiger partial charge in [-0.15, -0.1) is 0 Å². The van der Waals surface area contributed by atoms with Crippen molar-refractivity contribution < 1.29 is 14.3 Å². The van der Waals surface area contributed by atoms with E-state index in [0.29, 0.717) is 25.3 Å². The van der Waals surface area contributed by atoms with Gasteiger partial charge in [0.25, 0.3) is 0 Å². The molecule has 0 unspecified atom stereocenters. The lowest BCUT2D eigenvalue weighted by atomic mass is 9.97. The van der Waals surface area contributed by atoms with Gasteiger partial charge in [-0.2, -0.15) is 0 Å². The summed E-state index contributed by atoms with van der Waals surface area (Å²) in [5.74, 6) is 1.54. The summed E-state index contributed by atoms with van der Waals surface area (Å²) in [4.78, 5) is 14.9. The van der Waals surface area contributed by atoms with Crippen LogP contribution in [-0.4, -0.2) is 26.2 Å².